The number of hydrogen-bond donors (Lipinski definition) is 6. The third kappa shape index (κ3) is 21.3. The van der Waals surface area contributed by atoms with Gasteiger partial charge in [0, 0.05) is 61.2 Å². The smallest absolute Gasteiger partial charge is 0.305 e. The zero-order valence-electron chi connectivity index (χ0n) is 67.3. The summed E-state index contributed by atoms with van der Waals surface area (Å²) in [5.74, 6) is -1.14. The number of carbonyl (C=O) groups excluding carboxylic acids is 2. The minimum absolute atomic E-state index is 0.131. The number of anilines is 4. The molecule has 8 aromatic rings. The highest BCUT2D eigenvalue weighted by Crippen LogP contribution is 2.46. The van der Waals surface area contributed by atoms with Crippen molar-refractivity contribution in [3.63, 3.8) is 0 Å². The van der Waals surface area contributed by atoms with Gasteiger partial charge in [-0.05, 0) is 209 Å². The predicted octanol–water partition coefficient (Wildman–Crippen LogP) is 14.3. The van der Waals surface area contributed by atoms with Crippen LogP contribution in [0.15, 0.2) is 189 Å². The van der Waals surface area contributed by atoms with Gasteiger partial charge in [0.15, 0.2) is 0 Å². The summed E-state index contributed by atoms with van der Waals surface area (Å²) in [5, 5.41) is 22.9. The fourth-order valence-corrected chi connectivity index (χ4v) is 21.3. The van der Waals surface area contributed by atoms with Crippen molar-refractivity contribution in [2.24, 2.45) is 5.73 Å². The number of methoxy groups -OCH3 is 1. The van der Waals surface area contributed by atoms with Crippen molar-refractivity contribution in [2.45, 2.75) is 181 Å². The molecule has 0 saturated heterocycles. The first kappa shape index (κ1) is 88.9. The monoisotopic (exact) mass is 1640 g/mol. The molecule has 4 aliphatic heterocycles. The second-order valence-electron chi connectivity index (χ2n) is 29.2. The molecule has 0 fully saturated rings. The highest BCUT2D eigenvalue weighted by Gasteiger charge is 2.40. The van der Waals surface area contributed by atoms with Crippen molar-refractivity contribution in [1.82, 2.24) is 21.3 Å². The van der Waals surface area contributed by atoms with E-state index in [9.17, 15) is 48.1 Å². The number of unbranched alkanes of at least 4 members (excludes halogenated alkanes) is 9. The first-order valence-corrected chi connectivity index (χ1v) is 45.1. The van der Waals surface area contributed by atoms with Crippen LogP contribution in [0.1, 0.15) is 201 Å². The van der Waals surface area contributed by atoms with Gasteiger partial charge < -0.3 is 41.6 Å². The number of para-hydroxylation sites is 4. The van der Waals surface area contributed by atoms with Crippen LogP contribution in [0, 0.1) is 27.7 Å². The Bertz CT molecular complexity index is 4960. The maximum absolute atomic E-state index is 13.3. The van der Waals surface area contributed by atoms with E-state index >= 15 is 0 Å². The largest absolute Gasteiger partial charge is 0.481 e. The zero-order valence-corrected chi connectivity index (χ0v) is 70.6. The fraction of sp³-hybridized carbons (Fsp3) is 0.414. The van der Waals surface area contributed by atoms with Crippen LogP contribution in [0.3, 0.4) is 0 Å². The van der Waals surface area contributed by atoms with Gasteiger partial charge >= 0.3 is 11.9 Å². The lowest BCUT2D eigenvalue weighted by atomic mass is 9.95. The molecule has 4 unspecified atom stereocenters. The van der Waals surface area contributed by atoms with Gasteiger partial charge in [-0.1, -0.05) is 172 Å². The minimum atomic E-state index is -3.64. The lowest BCUT2D eigenvalue weighted by Crippen LogP contribution is -2.27. The van der Waals surface area contributed by atoms with E-state index in [2.05, 4.69) is 21.3 Å². The third-order valence-electron chi connectivity index (χ3n) is 21.1. The quantitative estimate of drug-likeness (QED) is 0.0180. The number of aliphatic carboxylic acids is 1. The van der Waals surface area contributed by atoms with E-state index in [1.165, 1.54) is 17.2 Å². The number of carbonyl (C=O) groups is 3. The topological polar surface area (TPSA) is 314 Å². The first-order chi connectivity index (χ1) is 54.5. The summed E-state index contributed by atoms with van der Waals surface area (Å²) in [6.45, 7) is 13.6. The summed E-state index contributed by atoms with van der Waals surface area (Å²) in [6, 6.07) is 52.0. The number of rotatable bonds is 30. The standard InChI is InChI=1S/C24H32N2O4S.C22H29N3O3S.C22H28N2O4S.C19H24N2O3S/c1-4-30-22(27)16-7-5-6-10-17-25-23-19-13-8-9-15-21(19)31(28,29)26(3)24-18(2)12-11-14-20(23)24;1-16-12-13-18-20(15-16)29(27,28)25(2)19-10-7-6-9-17(19)22(18)24-14-8-4-3-5-11-21(23)26;1-16-12-13-18-20(15-16)29(27,28)24(2)19-10-7-6-9-17(19)22(18)23-14-8-4-3-5-11-21(25)26;1-14-8-6-10-16-18(20-12-7-13-24-3)15-9-4-5-11-17(15)25(22,23)21(2)19(14)16/h8-9,11-15,23,25H,4-7,10,16-17H2,1-3H3;6-7,9-10,12-13,15,22,24H,3-5,8,11,14H2,1-2H3,(H2,23,26);6-7,9-10,12-13,15,22-23H,3-5,8,11,14H2,1-2H3,(H,25,26);4-6,8-11,18,20H,7,12-13H2,1-3H3. The summed E-state index contributed by atoms with van der Waals surface area (Å²) >= 11 is 0. The average molecular weight is 1640 g/mol. The van der Waals surface area contributed by atoms with Gasteiger partial charge in [0.05, 0.1) is 73.1 Å². The molecule has 0 spiro atoms. The van der Waals surface area contributed by atoms with Gasteiger partial charge in [-0.3, -0.25) is 31.6 Å². The Morgan fingerprint density at radius 3 is 1.11 bits per heavy atom. The van der Waals surface area contributed by atoms with Gasteiger partial charge in [0.1, 0.15) is 0 Å². The van der Waals surface area contributed by atoms with Crippen molar-refractivity contribution in [3.8, 4) is 0 Å². The van der Waals surface area contributed by atoms with Crippen LogP contribution in [0.25, 0.3) is 0 Å². The summed E-state index contributed by atoms with van der Waals surface area (Å²) < 4.78 is 121. The van der Waals surface area contributed by atoms with Crippen molar-refractivity contribution in [3.05, 3.63) is 237 Å². The van der Waals surface area contributed by atoms with Crippen LogP contribution in [-0.4, -0.2) is 131 Å². The molecule has 7 N–H and O–H groups in total. The molecule has 4 heterocycles. The molecule has 23 nitrogen and oxygen atoms in total. The molecule has 0 aromatic heterocycles. The molecule has 0 aliphatic carbocycles. The number of esters is 1. The molecule has 12 rings (SSSR count). The Hall–Kier alpha value is -9.03. The molecule has 4 atom stereocenters. The number of amides is 1. The Balaban J connectivity index is 0.000000175. The molecule has 1 amide bonds. The number of ether oxygens (including phenoxy) is 2. The lowest BCUT2D eigenvalue weighted by molar-refractivity contribution is -0.143. The maximum Gasteiger partial charge on any atom is 0.305 e. The van der Waals surface area contributed by atoms with Crippen molar-refractivity contribution < 1.29 is 62.6 Å². The Morgan fingerprint density at radius 2 is 0.719 bits per heavy atom. The van der Waals surface area contributed by atoms with E-state index < -0.39 is 46.1 Å². The van der Waals surface area contributed by atoms with Crippen LogP contribution in [0.4, 0.5) is 22.7 Å². The first-order valence-electron chi connectivity index (χ1n) is 39.3. The van der Waals surface area contributed by atoms with Crippen molar-refractivity contribution in [1.29, 1.82) is 0 Å². The lowest BCUT2D eigenvalue weighted by Gasteiger charge is -2.24. The molecule has 0 saturated carbocycles. The van der Waals surface area contributed by atoms with Crippen LogP contribution in [-0.2, 0) is 64.0 Å². The Labute approximate surface area is 675 Å². The molecule has 614 valence electrons. The van der Waals surface area contributed by atoms with Crippen LogP contribution >= 0.6 is 0 Å². The number of aryl methyl sites for hydroxylation is 4. The number of sulfonamides is 4. The molecular formula is C87H113N9O14S4. The third-order valence-corrected chi connectivity index (χ3v) is 28.5. The van der Waals surface area contributed by atoms with Crippen LogP contribution in [0.2, 0.25) is 0 Å². The van der Waals surface area contributed by atoms with E-state index in [4.69, 9.17) is 20.3 Å². The Kier molecular flexibility index (Phi) is 32.0. The van der Waals surface area contributed by atoms with Gasteiger partial charge in [-0.2, -0.15) is 0 Å². The molecular weight excluding hydrogens is 1520 g/mol. The molecule has 114 heavy (non-hydrogen) atoms. The van der Waals surface area contributed by atoms with E-state index in [1.807, 2.05) is 168 Å². The molecule has 4 aliphatic rings. The normalized spacial score (nSPS) is 17.4. The number of hydrogen-bond acceptors (Lipinski definition) is 17. The molecule has 0 bridgehead atoms. The van der Waals surface area contributed by atoms with E-state index in [1.54, 1.807) is 71.7 Å². The highest BCUT2D eigenvalue weighted by molar-refractivity contribution is 7.93. The molecule has 0 radical (unpaired) electrons. The number of benzene rings is 8. The summed E-state index contributed by atoms with van der Waals surface area (Å²) in [7, 11) is -6.34. The minimum Gasteiger partial charge on any atom is -0.481 e. The SMILES string of the molecule is CCOC(=O)CCCCCCNC1c2ccccc2S(=O)(=O)N(C)c2c(C)cccc21.COCCCNC1c2ccccc2S(=O)(=O)N(C)c2c(C)cccc21.Cc1ccc2c(c1)S(=O)(=O)N(C)c1ccccc1C2NCCCCCCC(=O)O.Cc1ccc2c(c1)S(=O)(=O)N(C)c1ccccc1C2NCCCCCCC(N)=O. The molecule has 8 aromatic carbocycles. The van der Waals surface area contributed by atoms with E-state index in [0.29, 0.717) is 63.4 Å². The van der Waals surface area contributed by atoms with E-state index in [-0.39, 0.29) is 42.5 Å². The highest BCUT2D eigenvalue weighted by atomic mass is 32.2. The fourth-order valence-electron chi connectivity index (χ4n) is 15.2. The number of primary amides is 1. The Morgan fingerprint density at radius 1 is 0.386 bits per heavy atom. The van der Waals surface area contributed by atoms with Crippen LogP contribution in [0.5, 0.6) is 0 Å². The number of carboxylic acid groups (broad SMARTS) is 1. The second kappa shape index (κ2) is 41.0. The number of fused-ring (bicyclic) bond motifs is 8. The summed E-state index contributed by atoms with van der Waals surface area (Å²) in [5.41, 5.74) is 18.7. The van der Waals surface area contributed by atoms with Crippen molar-refractivity contribution >= 4 is 80.7 Å². The molecule has 27 heteroatoms. The number of nitrogens with zero attached hydrogens (tertiary/aromatic N) is 4. The van der Waals surface area contributed by atoms with Gasteiger partial charge in [0.2, 0.25) is 5.91 Å². The predicted molar refractivity (Wildman–Crippen MR) is 451 cm³/mol. The summed E-state index contributed by atoms with van der Waals surface area (Å²) in [6.07, 6.45) is 12.8. The number of nitrogens with two attached hydrogens (primary N) is 1. The van der Waals surface area contributed by atoms with E-state index in [0.717, 1.165) is 181 Å². The van der Waals surface area contributed by atoms with Gasteiger partial charge in [0.25, 0.3) is 40.1 Å². The zero-order chi connectivity index (χ0) is 82.5. The second-order valence-corrected chi connectivity index (χ2v) is 37.0. The summed E-state index contributed by atoms with van der Waals surface area (Å²) in [4.78, 5) is 34.2. The van der Waals surface area contributed by atoms with Gasteiger partial charge in [-0.15, -0.1) is 0 Å². The maximum atomic E-state index is 13.3. The average Bonchev–Trinajstić information content (AvgIpc) is 1.63. The van der Waals surface area contributed by atoms with Crippen molar-refractivity contribution in [2.75, 3.05) is 91.9 Å². The number of carboxylic acids is 1. The number of nitrogens with one attached hydrogen (secondary N) is 4. The van der Waals surface area contributed by atoms with Gasteiger partial charge in [-0.25, -0.2) is 33.7 Å². The van der Waals surface area contributed by atoms with Crippen LogP contribution < -0.4 is 44.2 Å².